The zero-order valence-electron chi connectivity index (χ0n) is 8.18. The molecule has 0 atom stereocenters. The topological polar surface area (TPSA) is 42.0 Å². The molecule has 1 saturated carbocycles. The fourth-order valence-corrected chi connectivity index (χ4v) is 1.53. The van der Waals surface area contributed by atoms with Crippen LogP contribution < -0.4 is 5.32 Å². The van der Waals surface area contributed by atoms with E-state index in [4.69, 9.17) is 0 Å². The third-order valence-corrected chi connectivity index (χ3v) is 2.87. The van der Waals surface area contributed by atoms with Crippen LogP contribution in [-0.2, 0) is 0 Å². The van der Waals surface area contributed by atoms with Gasteiger partial charge in [0.1, 0.15) is 0 Å². The van der Waals surface area contributed by atoms with Crippen molar-refractivity contribution in [3.63, 3.8) is 0 Å². The van der Waals surface area contributed by atoms with Gasteiger partial charge in [0.25, 0.3) is 5.91 Å². The average molecular weight is 273 g/mol. The molecule has 0 saturated heterocycles. The van der Waals surface area contributed by atoms with Crippen LogP contribution in [0.2, 0.25) is 0 Å². The van der Waals surface area contributed by atoms with E-state index in [1.54, 1.807) is 0 Å². The summed E-state index contributed by atoms with van der Waals surface area (Å²) >= 11 is 3.08. The SMILES string of the molecule is CC1(NC(=O)c2ncc(Br)cc2F)CC1. The Bertz CT molecular complexity index is 418. The molecule has 1 aromatic rings. The Hall–Kier alpha value is -0.970. The van der Waals surface area contributed by atoms with Crippen LogP contribution >= 0.6 is 15.9 Å². The number of nitrogens with one attached hydrogen (secondary N) is 1. The summed E-state index contributed by atoms with van der Waals surface area (Å²) < 4.78 is 13.9. The molecule has 5 heteroatoms. The standard InChI is InChI=1S/C10H10BrFN2O/c1-10(2-3-10)14-9(15)8-7(12)4-6(11)5-13-8/h4-5H,2-3H2,1H3,(H,14,15). The van der Waals surface area contributed by atoms with E-state index >= 15 is 0 Å². The highest BCUT2D eigenvalue weighted by molar-refractivity contribution is 9.10. The van der Waals surface area contributed by atoms with Crippen molar-refractivity contribution in [3.8, 4) is 0 Å². The molecular weight excluding hydrogens is 263 g/mol. The molecule has 1 amide bonds. The molecule has 1 N–H and O–H groups in total. The van der Waals surface area contributed by atoms with Gasteiger partial charge in [-0.2, -0.15) is 0 Å². The Labute approximate surface area is 95.2 Å². The zero-order valence-corrected chi connectivity index (χ0v) is 9.77. The number of hydrogen-bond donors (Lipinski definition) is 1. The minimum atomic E-state index is -0.605. The van der Waals surface area contributed by atoms with Gasteiger partial charge in [-0.25, -0.2) is 9.37 Å². The first-order chi connectivity index (χ1) is 7.00. The second-order valence-corrected chi connectivity index (χ2v) is 4.91. The average Bonchev–Trinajstić information content (AvgIpc) is 2.82. The summed E-state index contributed by atoms with van der Waals surface area (Å²) in [5, 5.41) is 2.75. The number of carbonyl (C=O) groups is 1. The van der Waals surface area contributed by atoms with Crippen LogP contribution in [0.3, 0.4) is 0 Å². The fourth-order valence-electron chi connectivity index (χ4n) is 1.23. The van der Waals surface area contributed by atoms with Gasteiger partial charge in [0.15, 0.2) is 11.5 Å². The van der Waals surface area contributed by atoms with Crippen LogP contribution in [0.25, 0.3) is 0 Å². The van der Waals surface area contributed by atoms with Gasteiger partial charge in [0.2, 0.25) is 0 Å². The van der Waals surface area contributed by atoms with E-state index in [0.717, 1.165) is 12.8 Å². The highest BCUT2D eigenvalue weighted by Gasteiger charge is 2.39. The van der Waals surface area contributed by atoms with Gasteiger partial charge in [-0.15, -0.1) is 0 Å². The number of nitrogens with zero attached hydrogens (tertiary/aromatic N) is 1. The largest absolute Gasteiger partial charge is 0.345 e. The lowest BCUT2D eigenvalue weighted by atomic mass is 10.2. The second-order valence-electron chi connectivity index (χ2n) is 4.00. The van der Waals surface area contributed by atoms with Crippen molar-refractivity contribution in [3.05, 3.63) is 28.2 Å². The van der Waals surface area contributed by atoms with Crippen molar-refractivity contribution in [1.82, 2.24) is 10.3 Å². The Morgan fingerprint density at radius 1 is 1.67 bits per heavy atom. The minimum absolute atomic E-state index is 0.147. The number of rotatable bonds is 2. The van der Waals surface area contributed by atoms with Crippen molar-refractivity contribution in [2.24, 2.45) is 0 Å². The maximum Gasteiger partial charge on any atom is 0.273 e. The highest BCUT2D eigenvalue weighted by Crippen LogP contribution is 2.34. The first-order valence-electron chi connectivity index (χ1n) is 4.64. The van der Waals surface area contributed by atoms with E-state index in [9.17, 15) is 9.18 Å². The highest BCUT2D eigenvalue weighted by atomic mass is 79.9. The minimum Gasteiger partial charge on any atom is -0.345 e. The van der Waals surface area contributed by atoms with Crippen LogP contribution in [0.4, 0.5) is 4.39 Å². The van der Waals surface area contributed by atoms with Gasteiger partial charge in [-0.1, -0.05) is 0 Å². The molecule has 0 aliphatic heterocycles. The third kappa shape index (κ3) is 2.34. The van der Waals surface area contributed by atoms with Crippen molar-refractivity contribution in [2.45, 2.75) is 25.3 Å². The van der Waals surface area contributed by atoms with Gasteiger partial charge in [0.05, 0.1) is 0 Å². The first-order valence-corrected chi connectivity index (χ1v) is 5.43. The number of aromatic nitrogens is 1. The Morgan fingerprint density at radius 2 is 2.33 bits per heavy atom. The van der Waals surface area contributed by atoms with E-state index in [1.165, 1.54) is 12.3 Å². The van der Waals surface area contributed by atoms with E-state index in [0.29, 0.717) is 4.47 Å². The predicted molar refractivity (Wildman–Crippen MR) is 57.0 cm³/mol. The Morgan fingerprint density at radius 3 is 2.87 bits per heavy atom. The summed E-state index contributed by atoms with van der Waals surface area (Å²) in [6, 6.07) is 1.23. The summed E-state index contributed by atoms with van der Waals surface area (Å²) in [7, 11) is 0. The van der Waals surface area contributed by atoms with Crippen molar-refractivity contribution in [1.29, 1.82) is 0 Å². The molecule has 15 heavy (non-hydrogen) atoms. The lowest BCUT2D eigenvalue weighted by Crippen LogP contribution is -2.35. The molecule has 1 aliphatic carbocycles. The van der Waals surface area contributed by atoms with Crippen molar-refractivity contribution in [2.75, 3.05) is 0 Å². The molecule has 0 aromatic carbocycles. The van der Waals surface area contributed by atoms with Gasteiger partial charge >= 0.3 is 0 Å². The molecule has 0 spiro atoms. The first kappa shape index (κ1) is 10.5. The van der Waals surface area contributed by atoms with Gasteiger partial charge < -0.3 is 5.32 Å². The number of pyridine rings is 1. The smallest absolute Gasteiger partial charge is 0.273 e. The predicted octanol–water partition coefficient (Wildman–Crippen LogP) is 2.27. The molecule has 80 valence electrons. The van der Waals surface area contributed by atoms with Crippen LogP contribution in [0.5, 0.6) is 0 Å². The summed E-state index contributed by atoms with van der Waals surface area (Å²) in [6.45, 7) is 1.93. The van der Waals surface area contributed by atoms with Gasteiger partial charge in [0, 0.05) is 16.2 Å². The van der Waals surface area contributed by atoms with Gasteiger partial charge in [-0.05, 0) is 41.8 Å². The third-order valence-electron chi connectivity index (χ3n) is 2.44. The quantitative estimate of drug-likeness (QED) is 0.898. The maximum absolute atomic E-state index is 13.3. The number of halogens is 2. The monoisotopic (exact) mass is 272 g/mol. The maximum atomic E-state index is 13.3. The van der Waals surface area contributed by atoms with E-state index < -0.39 is 11.7 Å². The number of hydrogen-bond acceptors (Lipinski definition) is 2. The van der Waals surface area contributed by atoms with E-state index in [1.807, 2.05) is 6.92 Å². The second kappa shape index (κ2) is 3.56. The molecule has 3 nitrogen and oxygen atoms in total. The summed E-state index contributed by atoms with van der Waals surface area (Å²) in [5.74, 6) is -1.05. The van der Waals surface area contributed by atoms with Gasteiger partial charge in [-0.3, -0.25) is 4.79 Å². The fraction of sp³-hybridized carbons (Fsp3) is 0.400. The van der Waals surface area contributed by atoms with Crippen LogP contribution in [-0.4, -0.2) is 16.4 Å². The molecule has 0 unspecified atom stereocenters. The van der Waals surface area contributed by atoms with Crippen LogP contribution in [0.1, 0.15) is 30.3 Å². The lowest BCUT2D eigenvalue weighted by molar-refractivity contribution is 0.0926. The molecule has 1 fully saturated rings. The molecule has 1 aliphatic rings. The van der Waals surface area contributed by atoms with Crippen molar-refractivity contribution < 1.29 is 9.18 Å². The lowest BCUT2D eigenvalue weighted by Gasteiger charge is -2.10. The molecular formula is C10H10BrFN2O. The summed E-state index contributed by atoms with van der Waals surface area (Å²) in [4.78, 5) is 15.4. The Kier molecular flexibility index (Phi) is 2.50. The van der Waals surface area contributed by atoms with Crippen LogP contribution in [0.15, 0.2) is 16.7 Å². The van der Waals surface area contributed by atoms with Crippen molar-refractivity contribution >= 4 is 21.8 Å². The molecule has 1 heterocycles. The van der Waals surface area contributed by atoms with Crippen LogP contribution in [0, 0.1) is 5.82 Å². The molecule has 0 radical (unpaired) electrons. The summed E-state index contributed by atoms with van der Waals surface area (Å²) in [5.41, 5.74) is -0.301. The number of amides is 1. The number of carbonyl (C=O) groups excluding carboxylic acids is 1. The Balaban J connectivity index is 2.18. The molecule has 0 bridgehead atoms. The molecule has 1 aromatic heterocycles. The molecule has 2 rings (SSSR count). The van der Waals surface area contributed by atoms with E-state index in [2.05, 4.69) is 26.2 Å². The summed E-state index contributed by atoms with van der Waals surface area (Å²) in [6.07, 6.45) is 3.29. The normalized spacial score (nSPS) is 17.3. The zero-order chi connectivity index (χ0) is 11.1. The van der Waals surface area contributed by atoms with E-state index in [-0.39, 0.29) is 11.2 Å².